The first kappa shape index (κ1) is 22.6. The SMILES string of the molecule is Cc1cc(/C=C2\NC(=O)N(Cc3ccc(Br)cc3)C2=O)c(C)n1-c1sc2c(c1C#N)CCCC2. The molecule has 3 amide bonds. The Bertz CT molecular complexity index is 1390. The van der Waals surface area contributed by atoms with Crippen molar-refractivity contribution in [1.82, 2.24) is 14.8 Å². The van der Waals surface area contributed by atoms with Crippen LogP contribution in [0.2, 0.25) is 0 Å². The fourth-order valence-corrected chi connectivity index (χ4v) is 6.43. The summed E-state index contributed by atoms with van der Waals surface area (Å²) in [6.45, 7) is 4.20. The van der Waals surface area contributed by atoms with Gasteiger partial charge in [0.2, 0.25) is 0 Å². The van der Waals surface area contributed by atoms with E-state index < -0.39 is 6.03 Å². The number of thiophene rings is 1. The van der Waals surface area contributed by atoms with Crippen LogP contribution in [0.25, 0.3) is 11.1 Å². The van der Waals surface area contributed by atoms with Gasteiger partial charge in [0.15, 0.2) is 0 Å². The van der Waals surface area contributed by atoms with E-state index in [2.05, 4.69) is 31.9 Å². The third kappa shape index (κ3) is 3.89. The zero-order valence-corrected chi connectivity index (χ0v) is 21.3. The van der Waals surface area contributed by atoms with Gasteiger partial charge in [0.05, 0.1) is 12.1 Å². The Balaban J connectivity index is 1.47. The first-order valence-electron chi connectivity index (χ1n) is 11.2. The molecule has 2 aliphatic rings. The zero-order chi connectivity index (χ0) is 24.0. The maximum Gasteiger partial charge on any atom is 0.329 e. The number of halogens is 1. The van der Waals surface area contributed by atoms with Gasteiger partial charge in [-0.2, -0.15) is 5.26 Å². The molecule has 34 heavy (non-hydrogen) atoms. The molecule has 0 spiro atoms. The minimum absolute atomic E-state index is 0.209. The monoisotopic (exact) mass is 534 g/mol. The molecule has 1 aliphatic carbocycles. The van der Waals surface area contributed by atoms with Crippen LogP contribution in [-0.2, 0) is 24.2 Å². The molecule has 3 aromatic rings. The second kappa shape index (κ2) is 8.90. The van der Waals surface area contributed by atoms with E-state index in [0.717, 1.165) is 63.2 Å². The summed E-state index contributed by atoms with van der Waals surface area (Å²) < 4.78 is 3.05. The Kier molecular flexibility index (Phi) is 5.92. The quantitative estimate of drug-likeness (QED) is 0.341. The number of carbonyl (C=O) groups is 2. The highest BCUT2D eigenvalue weighted by Crippen LogP contribution is 2.38. The van der Waals surface area contributed by atoms with E-state index in [0.29, 0.717) is 0 Å². The van der Waals surface area contributed by atoms with Crippen LogP contribution in [-0.4, -0.2) is 21.4 Å². The molecule has 1 saturated heterocycles. The summed E-state index contributed by atoms with van der Waals surface area (Å²) in [5, 5.41) is 13.6. The molecular weight excluding hydrogens is 512 g/mol. The Morgan fingerprint density at radius 3 is 2.65 bits per heavy atom. The number of carbonyl (C=O) groups excluding carboxylic acids is 2. The van der Waals surface area contributed by atoms with Gasteiger partial charge >= 0.3 is 6.03 Å². The second-order valence-electron chi connectivity index (χ2n) is 8.67. The number of amides is 3. The lowest BCUT2D eigenvalue weighted by molar-refractivity contribution is -0.123. The maximum atomic E-state index is 13.0. The standard InChI is InChI=1S/C26H23BrN4O2S/c1-15-11-18(16(2)31(15)25-21(13-28)20-5-3-4-6-23(20)34-25)12-22-24(32)30(26(33)29-22)14-17-7-9-19(27)10-8-17/h7-12H,3-6,14H2,1-2H3,(H,29,33)/b22-12-. The van der Waals surface area contributed by atoms with Gasteiger partial charge in [-0.05, 0) is 80.5 Å². The molecular formula is C26H23BrN4O2S. The minimum atomic E-state index is -0.425. The van der Waals surface area contributed by atoms with Gasteiger partial charge in [0.1, 0.15) is 16.8 Å². The summed E-state index contributed by atoms with van der Waals surface area (Å²) in [5.74, 6) is -0.345. The van der Waals surface area contributed by atoms with Gasteiger partial charge < -0.3 is 9.88 Å². The lowest BCUT2D eigenvalue weighted by atomic mass is 9.96. The smallest absolute Gasteiger partial charge is 0.308 e. The van der Waals surface area contributed by atoms with Gasteiger partial charge in [-0.3, -0.25) is 9.69 Å². The molecule has 2 aromatic heterocycles. The van der Waals surface area contributed by atoms with Crippen LogP contribution in [0.1, 0.15) is 51.4 Å². The highest BCUT2D eigenvalue weighted by Gasteiger charge is 2.34. The van der Waals surface area contributed by atoms with Gasteiger partial charge in [-0.1, -0.05) is 28.1 Å². The number of imide groups is 1. The van der Waals surface area contributed by atoms with E-state index in [1.54, 1.807) is 17.4 Å². The average molecular weight is 535 g/mol. The van der Waals surface area contributed by atoms with Crippen molar-refractivity contribution in [3.63, 3.8) is 0 Å². The van der Waals surface area contributed by atoms with E-state index >= 15 is 0 Å². The van der Waals surface area contributed by atoms with Crippen LogP contribution < -0.4 is 5.32 Å². The first-order valence-corrected chi connectivity index (χ1v) is 12.8. The van der Waals surface area contributed by atoms with Crippen LogP contribution in [0.15, 0.2) is 40.5 Å². The van der Waals surface area contributed by atoms with E-state index in [-0.39, 0.29) is 18.1 Å². The second-order valence-corrected chi connectivity index (χ2v) is 10.7. The van der Waals surface area contributed by atoms with E-state index in [4.69, 9.17) is 0 Å². The number of fused-ring (bicyclic) bond motifs is 1. The van der Waals surface area contributed by atoms with Gasteiger partial charge in [-0.25, -0.2) is 4.79 Å². The number of aromatic nitrogens is 1. The van der Waals surface area contributed by atoms with Crippen LogP contribution in [0.5, 0.6) is 0 Å². The molecule has 172 valence electrons. The number of rotatable bonds is 4. The van der Waals surface area contributed by atoms with Crippen LogP contribution in [0, 0.1) is 25.2 Å². The number of hydrogen-bond donors (Lipinski definition) is 1. The van der Waals surface area contributed by atoms with Crippen molar-refractivity contribution < 1.29 is 9.59 Å². The zero-order valence-electron chi connectivity index (χ0n) is 18.9. The summed E-state index contributed by atoms with van der Waals surface area (Å²) in [7, 11) is 0. The molecule has 1 aromatic carbocycles. The molecule has 5 rings (SSSR count). The predicted molar refractivity (Wildman–Crippen MR) is 136 cm³/mol. The highest BCUT2D eigenvalue weighted by atomic mass is 79.9. The summed E-state index contributed by atoms with van der Waals surface area (Å²) in [6.07, 6.45) is 6.01. The van der Waals surface area contributed by atoms with Gasteiger partial charge in [0.25, 0.3) is 5.91 Å². The predicted octanol–water partition coefficient (Wildman–Crippen LogP) is 5.76. The van der Waals surface area contributed by atoms with E-state index in [9.17, 15) is 14.9 Å². The number of aryl methyl sites for hydroxylation is 2. The van der Waals surface area contributed by atoms with Crippen molar-refractivity contribution >= 4 is 45.3 Å². The molecule has 0 atom stereocenters. The molecule has 1 N–H and O–H groups in total. The molecule has 0 saturated carbocycles. The third-order valence-electron chi connectivity index (χ3n) is 6.45. The number of urea groups is 1. The summed E-state index contributed by atoms with van der Waals surface area (Å²) >= 11 is 5.10. The molecule has 8 heteroatoms. The Hall–Kier alpha value is -3.15. The van der Waals surface area contributed by atoms with Crippen molar-refractivity contribution in [3.05, 3.63) is 79.0 Å². The number of hydrogen-bond acceptors (Lipinski definition) is 4. The fourth-order valence-electron chi connectivity index (χ4n) is 4.71. The third-order valence-corrected chi connectivity index (χ3v) is 8.26. The molecule has 0 radical (unpaired) electrons. The van der Waals surface area contributed by atoms with Gasteiger partial charge in [-0.15, -0.1) is 11.3 Å². The normalized spacial score (nSPS) is 16.6. The largest absolute Gasteiger partial charge is 0.329 e. The first-order chi connectivity index (χ1) is 16.4. The van der Waals surface area contributed by atoms with E-state index in [1.165, 1.54) is 15.3 Å². The van der Waals surface area contributed by atoms with Crippen molar-refractivity contribution in [1.29, 1.82) is 5.26 Å². The van der Waals surface area contributed by atoms with Crippen LogP contribution in [0.4, 0.5) is 4.79 Å². The molecule has 0 bridgehead atoms. The van der Waals surface area contributed by atoms with Crippen molar-refractivity contribution in [2.75, 3.05) is 0 Å². The van der Waals surface area contributed by atoms with Crippen LogP contribution in [0.3, 0.4) is 0 Å². The topological polar surface area (TPSA) is 78.1 Å². The highest BCUT2D eigenvalue weighted by molar-refractivity contribution is 9.10. The molecule has 6 nitrogen and oxygen atoms in total. The van der Waals surface area contributed by atoms with Crippen LogP contribution >= 0.6 is 27.3 Å². The molecule has 1 fully saturated rings. The summed E-state index contributed by atoms with van der Waals surface area (Å²) in [6, 6.07) is 11.5. The summed E-state index contributed by atoms with van der Waals surface area (Å²) in [4.78, 5) is 28.1. The molecule has 1 aliphatic heterocycles. The lowest BCUT2D eigenvalue weighted by Crippen LogP contribution is -2.30. The maximum absolute atomic E-state index is 13.0. The number of benzene rings is 1. The number of nitrogens with zero attached hydrogens (tertiary/aromatic N) is 3. The Morgan fingerprint density at radius 2 is 1.91 bits per heavy atom. The van der Waals surface area contributed by atoms with Gasteiger partial charge in [0, 0.05) is 20.7 Å². The lowest BCUT2D eigenvalue weighted by Gasteiger charge is -2.11. The molecule has 0 unspecified atom stereocenters. The Labute approximate surface area is 210 Å². The molecule has 3 heterocycles. The fraction of sp³-hybridized carbons (Fsp3) is 0.269. The van der Waals surface area contributed by atoms with Crippen molar-refractivity contribution in [2.45, 2.75) is 46.1 Å². The average Bonchev–Trinajstić information content (AvgIpc) is 3.41. The summed E-state index contributed by atoms with van der Waals surface area (Å²) in [5.41, 5.74) is 5.87. The minimum Gasteiger partial charge on any atom is -0.308 e. The van der Waals surface area contributed by atoms with Crippen molar-refractivity contribution in [3.8, 4) is 11.1 Å². The Morgan fingerprint density at radius 1 is 1.18 bits per heavy atom. The number of nitrogens with one attached hydrogen (secondary N) is 1. The van der Waals surface area contributed by atoms with E-state index in [1.807, 2.05) is 44.2 Å². The number of nitriles is 1. The van der Waals surface area contributed by atoms with Crippen molar-refractivity contribution in [2.24, 2.45) is 0 Å².